The quantitative estimate of drug-likeness (QED) is 0.509. The molecule has 0 spiro atoms. The van der Waals surface area contributed by atoms with E-state index in [0.717, 1.165) is 51.0 Å². The highest BCUT2D eigenvalue weighted by Gasteiger charge is 2.41. The van der Waals surface area contributed by atoms with Crippen molar-refractivity contribution in [3.05, 3.63) is 0 Å². The maximum absolute atomic E-state index is 12.5. The summed E-state index contributed by atoms with van der Waals surface area (Å²) in [4.78, 5) is 12.5. The summed E-state index contributed by atoms with van der Waals surface area (Å²) in [5.74, 6) is 1.37. The standard InChI is InChI=1S/C18H29Cl2N3O2/c19-13-7-8-15(20)23-16(13)17(24)22-12-5-3-10(4-6-12)14-9-21-18(25-14)11-1-2-11/h10-16,18,21,23H,1-9H2,(H,22,24). The summed E-state index contributed by atoms with van der Waals surface area (Å²) in [5, 5.41) is 9.67. The van der Waals surface area contributed by atoms with Gasteiger partial charge in [-0.05, 0) is 63.2 Å². The first-order chi connectivity index (χ1) is 12.1. The van der Waals surface area contributed by atoms with Crippen LogP contribution in [0.1, 0.15) is 51.4 Å². The molecule has 4 fully saturated rings. The lowest BCUT2D eigenvalue weighted by molar-refractivity contribution is -0.124. The third kappa shape index (κ3) is 4.44. The normalized spacial score (nSPS) is 45.3. The first-order valence-corrected chi connectivity index (χ1v) is 10.7. The number of piperidine rings is 1. The molecule has 25 heavy (non-hydrogen) atoms. The molecule has 4 rings (SSSR count). The predicted molar refractivity (Wildman–Crippen MR) is 98.7 cm³/mol. The van der Waals surface area contributed by atoms with Gasteiger partial charge in [-0.25, -0.2) is 0 Å². The maximum Gasteiger partial charge on any atom is 0.238 e. The van der Waals surface area contributed by atoms with Gasteiger partial charge in [-0.3, -0.25) is 15.4 Å². The van der Waals surface area contributed by atoms with Crippen LogP contribution in [-0.2, 0) is 9.53 Å². The zero-order valence-electron chi connectivity index (χ0n) is 14.6. The Morgan fingerprint density at radius 3 is 2.40 bits per heavy atom. The van der Waals surface area contributed by atoms with Crippen molar-refractivity contribution in [3.63, 3.8) is 0 Å². The van der Waals surface area contributed by atoms with Crippen LogP contribution in [0.25, 0.3) is 0 Å². The van der Waals surface area contributed by atoms with Crippen LogP contribution < -0.4 is 16.0 Å². The van der Waals surface area contributed by atoms with Crippen LogP contribution >= 0.6 is 23.2 Å². The Kier molecular flexibility index (Phi) is 5.78. The fraction of sp³-hybridized carbons (Fsp3) is 0.944. The van der Waals surface area contributed by atoms with Crippen LogP contribution in [0, 0.1) is 11.8 Å². The SMILES string of the molecule is O=C(NC1CCC(C2CNC(C3CC3)O2)CC1)C1NC(Cl)CCC1Cl. The van der Waals surface area contributed by atoms with E-state index >= 15 is 0 Å². The van der Waals surface area contributed by atoms with Crippen LogP contribution in [-0.4, -0.2) is 47.7 Å². The number of carbonyl (C=O) groups excluding carboxylic acids is 1. The largest absolute Gasteiger partial charge is 0.358 e. The van der Waals surface area contributed by atoms with Gasteiger partial charge in [0.25, 0.3) is 0 Å². The summed E-state index contributed by atoms with van der Waals surface area (Å²) in [6.07, 6.45) is 9.14. The Hall–Kier alpha value is -0.0700. The Balaban J connectivity index is 1.21. The van der Waals surface area contributed by atoms with Gasteiger partial charge in [-0.2, -0.15) is 0 Å². The summed E-state index contributed by atoms with van der Waals surface area (Å²) in [6.45, 7) is 0.986. The lowest BCUT2D eigenvalue weighted by Gasteiger charge is -2.35. The fourth-order valence-corrected chi connectivity index (χ4v) is 5.07. The maximum atomic E-state index is 12.5. The summed E-state index contributed by atoms with van der Waals surface area (Å²) >= 11 is 12.4. The molecule has 5 nitrogen and oxygen atoms in total. The van der Waals surface area contributed by atoms with Gasteiger partial charge >= 0.3 is 0 Å². The zero-order valence-corrected chi connectivity index (χ0v) is 16.1. The van der Waals surface area contributed by atoms with E-state index in [1.54, 1.807) is 0 Å². The second-order valence-corrected chi connectivity index (χ2v) is 9.25. The van der Waals surface area contributed by atoms with Crippen LogP contribution in [0.3, 0.4) is 0 Å². The first-order valence-electron chi connectivity index (χ1n) is 9.83. The molecule has 2 aliphatic carbocycles. The minimum absolute atomic E-state index is 0.00128. The number of ether oxygens (including phenoxy) is 1. The van der Waals surface area contributed by atoms with E-state index < -0.39 is 0 Å². The van der Waals surface area contributed by atoms with Crippen molar-refractivity contribution in [2.45, 2.75) is 86.7 Å². The minimum atomic E-state index is -0.377. The molecule has 0 bridgehead atoms. The number of halogens is 2. The van der Waals surface area contributed by atoms with Gasteiger partial charge in [-0.1, -0.05) is 0 Å². The van der Waals surface area contributed by atoms with Crippen LogP contribution in [0.2, 0.25) is 0 Å². The van der Waals surface area contributed by atoms with Crippen molar-refractivity contribution >= 4 is 29.1 Å². The third-order valence-electron chi connectivity index (χ3n) is 6.24. The molecule has 7 heteroatoms. The zero-order chi connectivity index (χ0) is 17.4. The summed E-state index contributed by atoms with van der Waals surface area (Å²) in [5.41, 5.74) is -0.159. The van der Waals surface area contributed by atoms with Gasteiger partial charge < -0.3 is 10.1 Å². The molecule has 0 radical (unpaired) electrons. The van der Waals surface area contributed by atoms with E-state index in [-0.39, 0.29) is 28.9 Å². The van der Waals surface area contributed by atoms with Crippen LogP contribution in [0.5, 0.6) is 0 Å². The molecule has 142 valence electrons. The van der Waals surface area contributed by atoms with Crippen LogP contribution in [0.4, 0.5) is 0 Å². The van der Waals surface area contributed by atoms with E-state index in [2.05, 4.69) is 16.0 Å². The predicted octanol–water partition coefficient (Wildman–Crippen LogP) is 2.31. The number of hydrogen-bond donors (Lipinski definition) is 3. The molecule has 2 aliphatic heterocycles. The number of alkyl halides is 2. The highest BCUT2D eigenvalue weighted by Crippen LogP contribution is 2.38. The average molecular weight is 390 g/mol. The number of nitrogens with one attached hydrogen (secondary N) is 3. The monoisotopic (exact) mass is 389 g/mol. The third-order valence-corrected chi connectivity index (χ3v) is 7.05. The van der Waals surface area contributed by atoms with Gasteiger partial charge in [0.05, 0.1) is 17.0 Å². The molecule has 2 heterocycles. The summed E-state index contributed by atoms with van der Waals surface area (Å²) in [6, 6.07) is -0.129. The second kappa shape index (κ2) is 7.89. The number of hydrogen-bond acceptors (Lipinski definition) is 4. The molecule has 1 amide bonds. The van der Waals surface area contributed by atoms with Crippen molar-refractivity contribution in [1.82, 2.24) is 16.0 Å². The molecule has 4 aliphatic rings. The summed E-state index contributed by atoms with van der Waals surface area (Å²) < 4.78 is 6.22. The number of amides is 1. The molecule has 0 aromatic rings. The Labute approximate surface area is 159 Å². The molecule has 0 aromatic carbocycles. The van der Waals surface area contributed by atoms with Crippen molar-refractivity contribution in [2.24, 2.45) is 11.8 Å². The Morgan fingerprint density at radius 2 is 1.68 bits per heavy atom. The fourth-order valence-electron chi connectivity index (χ4n) is 4.49. The lowest BCUT2D eigenvalue weighted by Crippen LogP contribution is -2.56. The molecule has 0 aromatic heterocycles. The smallest absolute Gasteiger partial charge is 0.238 e. The molecule has 2 saturated heterocycles. The van der Waals surface area contributed by atoms with Gasteiger partial charge in [0.2, 0.25) is 5.91 Å². The van der Waals surface area contributed by atoms with Crippen molar-refractivity contribution < 1.29 is 9.53 Å². The second-order valence-electron chi connectivity index (χ2n) is 8.17. The summed E-state index contributed by atoms with van der Waals surface area (Å²) in [7, 11) is 0. The van der Waals surface area contributed by atoms with Crippen LogP contribution in [0.15, 0.2) is 0 Å². The van der Waals surface area contributed by atoms with Gasteiger partial charge in [0, 0.05) is 12.6 Å². The highest BCUT2D eigenvalue weighted by atomic mass is 35.5. The van der Waals surface area contributed by atoms with E-state index in [0.29, 0.717) is 18.2 Å². The van der Waals surface area contributed by atoms with E-state index in [4.69, 9.17) is 27.9 Å². The highest BCUT2D eigenvalue weighted by molar-refractivity contribution is 6.24. The Morgan fingerprint density at radius 1 is 0.960 bits per heavy atom. The van der Waals surface area contributed by atoms with E-state index in [1.807, 2.05) is 0 Å². The van der Waals surface area contributed by atoms with E-state index in [9.17, 15) is 4.79 Å². The van der Waals surface area contributed by atoms with Gasteiger partial charge in [-0.15, -0.1) is 23.2 Å². The molecule has 3 N–H and O–H groups in total. The average Bonchev–Trinajstić information content (AvgIpc) is 3.35. The molecule has 2 saturated carbocycles. The van der Waals surface area contributed by atoms with Gasteiger partial charge in [0.15, 0.2) is 0 Å². The van der Waals surface area contributed by atoms with E-state index in [1.165, 1.54) is 12.8 Å². The van der Waals surface area contributed by atoms with Gasteiger partial charge in [0.1, 0.15) is 12.3 Å². The van der Waals surface area contributed by atoms with Crippen molar-refractivity contribution in [3.8, 4) is 0 Å². The number of carbonyl (C=O) groups is 1. The first kappa shape index (κ1) is 18.3. The lowest BCUT2D eigenvalue weighted by atomic mass is 9.82. The Bertz CT molecular complexity index is 483. The van der Waals surface area contributed by atoms with Crippen molar-refractivity contribution in [2.75, 3.05) is 6.54 Å². The number of rotatable bonds is 4. The molecule has 5 atom stereocenters. The topological polar surface area (TPSA) is 62.4 Å². The van der Waals surface area contributed by atoms with Crippen molar-refractivity contribution in [1.29, 1.82) is 0 Å². The molecular formula is C18H29Cl2N3O2. The molecular weight excluding hydrogens is 361 g/mol. The minimum Gasteiger partial charge on any atom is -0.358 e. The molecule has 5 unspecified atom stereocenters.